The van der Waals surface area contributed by atoms with Gasteiger partial charge in [-0.15, -0.1) is 0 Å². The van der Waals surface area contributed by atoms with Crippen molar-refractivity contribution in [2.24, 2.45) is 0 Å². The first-order chi connectivity index (χ1) is 13.1. The predicted molar refractivity (Wildman–Crippen MR) is 109 cm³/mol. The molecule has 1 heterocycles. The second-order valence-corrected chi connectivity index (χ2v) is 8.74. The molecule has 1 saturated heterocycles. The first kappa shape index (κ1) is 27.2. The van der Waals surface area contributed by atoms with Crippen LogP contribution >= 0.6 is 0 Å². The third kappa shape index (κ3) is 13.4. The molecule has 4 nitrogen and oxygen atoms in total. The smallest absolute Gasteiger partial charge is 0.375 e. The summed E-state index contributed by atoms with van der Waals surface area (Å²) in [7, 11) is -5.84. The minimum Gasteiger partial charge on any atom is -0.375 e. The number of rotatable bonds is 12. The Kier molecular flexibility index (Phi) is 14.7. The van der Waals surface area contributed by atoms with Crippen LogP contribution in [-0.2, 0) is 10.1 Å². The summed E-state index contributed by atoms with van der Waals surface area (Å²) in [5.41, 5.74) is -3.89. The summed E-state index contributed by atoms with van der Waals surface area (Å²) >= 11 is 0. The molecule has 0 radical (unpaired) electrons. The van der Waals surface area contributed by atoms with E-state index in [4.69, 9.17) is 13.0 Å². The highest BCUT2D eigenvalue weighted by molar-refractivity contribution is 7.86. The van der Waals surface area contributed by atoms with Crippen LogP contribution in [0.3, 0.4) is 0 Å². The fourth-order valence-electron chi connectivity index (χ4n) is 3.23. The van der Waals surface area contributed by atoms with Gasteiger partial charge in [-0.2, -0.15) is 21.6 Å². The normalized spacial score (nSPS) is 16.4. The van der Waals surface area contributed by atoms with Crippen molar-refractivity contribution in [2.75, 3.05) is 13.1 Å². The van der Waals surface area contributed by atoms with E-state index in [1.165, 1.54) is 96.6 Å². The molecule has 0 atom stereocenters. The Morgan fingerprint density at radius 2 is 1.46 bits per heavy atom. The average Bonchev–Trinajstić information content (AvgIpc) is 3.03. The molecule has 0 aromatic carbocycles. The fourth-order valence-corrected chi connectivity index (χ4v) is 3.23. The molecule has 8 heteroatoms. The number of unbranched alkanes of at least 4 members (excludes halogenated alkanes) is 9. The molecule has 0 amide bonds. The van der Waals surface area contributed by atoms with Gasteiger partial charge < -0.3 is 4.90 Å². The van der Waals surface area contributed by atoms with Crippen LogP contribution in [0, 0.1) is 0 Å². The van der Waals surface area contributed by atoms with E-state index in [0.29, 0.717) is 0 Å². The van der Waals surface area contributed by atoms with Gasteiger partial charge in [0.05, 0.1) is 0 Å². The largest absolute Gasteiger partial charge is 0.522 e. The second-order valence-electron chi connectivity index (χ2n) is 7.32. The molecular formula is C20H38F3NO3S. The molecule has 1 aliphatic heterocycles. The first-order valence-electron chi connectivity index (χ1n) is 10.6. The number of hydrogen-bond acceptors (Lipinski definition) is 3. The average molecular weight is 430 g/mol. The van der Waals surface area contributed by atoms with Crippen LogP contribution in [-0.4, -0.2) is 36.5 Å². The van der Waals surface area contributed by atoms with Gasteiger partial charge in [0.1, 0.15) is 0 Å². The highest BCUT2D eigenvalue weighted by Crippen LogP contribution is 2.22. The predicted octanol–water partition coefficient (Wildman–Crippen LogP) is 6.69. The molecule has 1 fully saturated rings. The fraction of sp³-hybridized carbons (Fsp3) is 0.900. The summed E-state index contributed by atoms with van der Waals surface area (Å²) in [6.07, 6.45) is 20.8. The Hall–Kier alpha value is -0.760. The highest BCUT2D eigenvalue weighted by Gasteiger charge is 2.44. The number of halogens is 3. The second kappa shape index (κ2) is 15.1. The van der Waals surface area contributed by atoms with Gasteiger partial charge in [0, 0.05) is 18.8 Å². The Bertz CT molecular complexity index is 519. The summed E-state index contributed by atoms with van der Waals surface area (Å²) in [6, 6.07) is 0. The van der Waals surface area contributed by atoms with Crippen LogP contribution in [0.25, 0.3) is 0 Å². The molecule has 1 rings (SSSR count). The summed E-state index contributed by atoms with van der Waals surface area (Å²) < 4.78 is 57.5. The van der Waals surface area contributed by atoms with Gasteiger partial charge in [0.2, 0.25) is 0 Å². The van der Waals surface area contributed by atoms with Crippen LogP contribution < -0.4 is 0 Å². The van der Waals surface area contributed by atoms with Gasteiger partial charge in [-0.05, 0) is 32.1 Å². The van der Waals surface area contributed by atoms with Gasteiger partial charge in [-0.25, -0.2) is 0 Å². The number of hydrogen-bond donors (Lipinski definition) is 1. The van der Waals surface area contributed by atoms with Crippen molar-refractivity contribution in [1.29, 1.82) is 0 Å². The number of nitrogens with zero attached hydrogens (tertiary/aromatic N) is 1. The Balaban J connectivity index is 0.000000769. The van der Waals surface area contributed by atoms with E-state index in [1.54, 1.807) is 5.70 Å². The molecule has 0 aromatic rings. The zero-order valence-corrected chi connectivity index (χ0v) is 18.3. The van der Waals surface area contributed by atoms with E-state index in [-0.39, 0.29) is 0 Å². The molecule has 1 N–H and O–H groups in total. The Morgan fingerprint density at radius 3 is 1.93 bits per heavy atom. The maximum absolute atomic E-state index is 10.7. The molecule has 0 bridgehead atoms. The van der Waals surface area contributed by atoms with Crippen molar-refractivity contribution in [3.05, 3.63) is 11.8 Å². The van der Waals surface area contributed by atoms with Gasteiger partial charge in [0.15, 0.2) is 0 Å². The quantitative estimate of drug-likeness (QED) is 0.213. The van der Waals surface area contributed by atoms with Gasteiger partial charge in [-0.3, -0.25) is 4.55 Å². The molecule has 0 unspecified atom stereocenters. The SMILES string of the molecule is CCCCCCCCCCCC=C1CCCN1CCC.O=S(=O)(O)C(F)(F)F. The van der Waals surface area contributed by atoms with E-state index in [1.807, 2.05) is 0 Å². The van der Waals surface area contributed by atoms with Gasteiger partial charge in [-0.1, -0.05) is 71.3 Å². The summed E-state index contributed by atoms with van der Waals surface area (Å²) in [5.74, 6) is 0. The van der Waals surface area contributed by atoms with Gasteiger partial charge in [0.25, 0.3) is 0 Å². The maximum Gasteiger partial charge on any atom is 0.522 e. The lowest BCUT2D eigenvalue weighted by atomic mass is 10.1. The van der Waals surface area contributed by atoms with Gasteiger partial charge >= 0.3 is 15.6 Å². The van der Waals surface area contributed by atoms with Crippen LogP contribution in [0.15, 0.2) is 11.8 Å². The Morgan fingerprint density at radius 1 is 0.964 bits per heavy atom. The molecule has 0 aliphatic carbocycles. The number of likely N-dealkylation sites (tertiary alicyclic amines) is 1. The van der Waals surface area contributed by atoms with Crippen molar-refractivity contribution in [3.63, 3.8) is 0 Å². The molecule has 0 aromatic heterocycles. The van der Waals surface area contributed by atoms with Crippen molar-refractivity contribution in [3.8, 4) is 0 Å². The van der Waals surface area contributed by atoms with E-state index in [0.717, 1.165) is 0 Å². The minimum absolute atomic E-state index is 1.27. The van der Waals surface area contributed by atoms with E-state index < -0.39 is 15.6 Å². The molecule has 168 valence electrons. The van der Waals surface area contributed by atoms with Crippen molar-refractivity contribution in [2.45, 2.75) is 103 Å². The molecular weight excluding hydrogens is 391 g/mol. The zero-order chi connectivity index (χ0) is 21.5. The standard InChI is InChI=1S/C19H37N.CHF3O3S/c1-3-5-6-7-8-9-10-11-12-13-15-19-16-14-18-20(19)17-4-2;2-1(3,4)8(5,6)7/h15H,3-14,16-18H2,1-2H3;(H,5,6,7). The zero-order valence-electron chi connectivity index (χ0n) is 17.4. The van der Waals surface area contributed by atoms with Crippen LogP contribution in [0.4, 0.5) is 13.2 Å². The van der Waals surface area contributed by atoms with Crippen molar-refractivity contribution in [1.82, 2.24) is 4.90 Å². The highest BCUT2D eigenvalue weighted by atomic mass is 32.2. The van der Waals surface area contributed by atoms with E-state index in [9.17, 15) is 13.2 Å². The monoisotopic (exact) mass is 429 g/mol. The summed E-state index contributed by atoms with van der Waals surface area (Å²) in [5, 5.41) is 0. The topological polar surface area (TPSA) is 57.6 Å². The molecule has 1 aliphatic rings. The Labute approximate surface area is 169 Å². The molecule has 28 heavy (non-hydrogen) atoms. The van der Waals surface area contributed by atoms with E-state index in [2.05, 4.69) is 24.8 Å². The maximum atomic E-state index is 10.7. The van der Waals surface area contributed by atoms with Crippen molar-refractivity contribution < 1.29 is 26.1 Å². The summed E-state index contributed by atoms with van der Waals surface area (Å²) in [6.45, 7) is 7.15. The van der Waals surface area contributed by atoms with Crippen molar-refractivity contribution >= 4 is 10.1 Å². The third-order valence-corrected chi connectivity index (χ3v) is 5.33. The summed E-state index contributed by atoms with van der Waals surface area (Å²) in [4.78, 5) is 2.60. The lowest BCUT2D eigenvalue weighted by molar-refractivity contribution is -0.0510. The number of allylic oxidation sites excluding steroid dienone is 2. The third-order valence-electron chi connectivity index (χ3n) is 4.74. The van der Waals surface area contributed by atoms with Crippen LogP contribution in [0.1, 0.15) is 97.3 Å². The lowest BCUT2D eigenvalue weighted by Gasteiger charge is -2.18. The molecule has 0 spiro atoms. The lowest BCUT2D eigenvalue weighted by Crippen LogP contribution is -2.21. The molecule has 0 saturated carbocycles. The number of alkyl halides is 3. The van der Waals surface area contributed by atoms with Crippen LogP contribution in [0.2, 0.25) is 0 Å². The van der Waals surface area contributed by atoms with Crippen LogP contribution in [0.5, 0.6) is 0 Å². The van der Waals surface area contributed by atoms with E-state index >= 15 is 0 Å². The first-order valence-corrected chi connectivity index (χ1v) is 12.0. The minimum atomic E-state index is -5.84.